The van der Waals surface area contributed by atoms with Crippen molar-refractivity contribution in [3.8, 4) is 0 Å². The average Bonchev–Trinajstić information content (AvgIpc) is 1.87. The minimum atomic E-state index is 0.394. The monoisotopic (exact) mass is 191 g/mol. The van der Waals surface area contributed by atoms with E-state index in [1.165, 1.54) is 12.2 Å². The lowest BCUT2D eigenvalue weighted by molar-refractivity contribution is 0.292. The molecular formula is C8H17NS2. The third-order valence-electron chi connectivity index (χ3n) is 2.59. The van der Waals surface area contributed by atoms with Crippen molar-refractivity contribution in [1.82, 2.24) is 4.13 Å². The highest BCUT2D eigenvalue weighted by Gasteiger charge is 2.39. The summed E-state index contributed by atoms with van der Waals surface area (Å²) in [7, 11) is 0. The standard InChI is InChI=1S/C8H17NS2/c1-7(2,3)8(4)5-6-10-9-11-8/h9H,5-6H2,1-4H3. The maximum atomic E-state index is 3.32. The topological polar surface area (TPSA) is 12.0 Å². The van der Waals surface area contributed by atoms with E-state index in [1.807, 2.05) is 23.9 Å². The van der Waals surface area contributed by atoms with Crippen molar-refractivity contribution in [2.24, 2.45) is 5.41 Å². The Morgan fingerprint density at radius 3 is 2.27 bits per heavy atom. The highest BCUT2D eigenvalue weighted by molar-refractivity contribution is 8.13. The maximum absolute atomic E-state index is 3.32. The van der Waals surface area contributed by atoms with Gasteiger partial charge in [-0.2, -0.15) is 0 Å². The lowest BCUT2D eigenvalue weighted by Crippen LogP contribution is -2.41. The van der Waals surface area contributed by atoms with Crippen LogP contribution >= 0.6 is 23.9 Å². The van der Waals surface area contributed by atoms with E-state index in [2.05, 4.69) is 31.8 Å². The number of rotatable bonds is 0. The maximum Gasteiger partial charge on any atom is 0.0341 e. The van der Waals surface area contributed by atoms with Crippen molar-refractivity contribution >= 4 is 23.9 Å². The number of hydrogen-bond acceptors (Lipinski definition) is 3. The zero-order chi connectivity index (χ0) is 8.54. The van der Waals surface area contributed by atoms with Gasteiger partial charge in [-0.15, -0.1) is 0 Å². The molecule has 1 fully saturated rings. The molecule has 0 amide bonds. The van der Waals surface area contributed by atoms with Crippen LogP contribution in [-0.2, 0) is 0 Å². The Labute approximate surface area is 78.4 Å². The lowest BCUT2D eigenvalue weighted by Gasteiger charge is -2.43. The summed E-state index contributed by atoms with van der Waals surface area (Å²) in [4.78, 5) is 0. The second-order valence-electron chi connectivity index (χ2n) is 4.26. The molecule has 11 heavy (non-hydrogen) atoms. The summed E-state index contributed by atoms with van der Waals surface area (Å²) in [6.07, 6.45) is 1.30. The quantitative estimate of drug-likeness (QED) is 0.591. The molecule has 0 radical (unpaired) electrons. The summed E-state index contributed by atoms with van der Waals surface area (Å²) < 4.78 is 3.72. The van der Waals surface area contributed by atoms with Crippen LogP contribution in [-0.4, -0.2) is 10.5 Å². The van der Waals surface area contributed by atoms with Crippen LogP contribution in [0.15, 0.2) is 0 Å². The minimum Gasteiger partial charge on any atom is -0.208 e. The Hall–Kier alpha value is 0.660. The molecule has 0 aromatic carbocycles. The fraction of sp³-hybridized carbons (Fsp3) is 1.00. The highest BCUT2D eigenvalue weighted by Crippen LogP contribution is 2.46. The van der Waals surface area contributed by atoms with E-state index in [1.54, 1.807) is 0 Å². The summed E-state index contributed by atoms with van der Waals surface area (Å²) in [6.45, 7) is 9.30. The van der Waals surface area contributed by atoms with E-state index in [0.717, 1.165) is 0 Å². The zero-order valence-electron chi connectivity index (χ0n) is 7.73. The van der Waals surface area contributed by atoms with Crippen LogP contribution < -0.4 is 4.13 Å². The van der Waals surface area contributed by atoms with Crippen molar-refractivity contribution < 1.29 is 0 Å². The van der Waals surface area contributed by atoms with Crippen LogP contribution in [0.1, 0.15) is 34.1 Å². The predicted molar refractivity (Wildman–Crippen MR) is 55.7 cm³/mol. The SMILES string of the molecule is CC(C)(C)C1(C)CCSNS1. The van der Waals surface area contributed by atoms with Gasteiger partial charge in [0.15, 0.2) is 0 Å². The summed E-state index contributed by atoms with van der Waals surface area (Å²) in [6, 6.07) is 0. The first-order valence-corrected chi connectivity index (χ1v) is 5.81. The Morgan fingerprint density at radius 2 is 2.00 bits per heavy atom. The van der Waals surface area contributed by atoms with E-state index < -0.39 is 0 Å². The largest absolute Gasteiger partial charge is 0.208 e. The molecule has 1 heterocycles. The van der Waals surface area contributed by atoms with Gasteiger partial charge < -0.3 is 0 Å². The first kappa shape index (κ1) is 9.75. The molecule has 1 saturated heterocycles. The van der Waals surface area contributed by atoms with Gasteiger partial charge >= 0.3 is 0 Å². The van der Waals surface area contributed by atoms with Gasteiger partial charge in [-0.05, 0) is 18.8 Å². The summed E-state index contributed by atoms with van der Waals surface area (Å²) in [5.74, 6) is 1.24. The molecule has 66 valence electrons. The van der Waals surface area contributed by atoms with Crippen molar-refractivity contribution in [1.29, 1.82) is 0 Å². The second-order valence-corrected chi connectivity index (χ2v) is 6.73. The fourth-order valence-electron chi connectivity index (χ4n) is 0.988. The van der Waals surface area contributed by atoms with Gasteiger partial charge in [0.05, 0.1) is 0 Å². The number of hydrogen-bond donors (Lipinski definition) is 1. The molecule has 0 spiro atoms. The van der Waals surface area contributed by atoms with Crippen LogP contribution in [0, 0.1) is 5.41 Å². The third kappa shape index (κ3) is 2.07. The Bertz CT molecular complexity index is 134. The molecule has 0 aliphatic carbocycles. The molecule has 0 aromatic rings. The molecule has 1 nitrogen and oxygen atoms in total. The molecule has 0 bridgehead atoms. The van der Waals surface area contributed by atoms with Gasteiger partial charge in [0.2, 0.25) is 0 Å². The minimum absolute atomic E-state index is 0.394. The first-order chi connectivity index (χ1) is 4.96. The highest BCUT2D eigenvalue weighted by atomic mass is 32.2. The predicted octanol–water partition coefficient (Wildman–Crippen LogP) is 3.08. The molecule has 1 rings (SSSR count). The summed E-state index contributed by atoms with van der Waals surface area (Å²) in [5.41, 5.74) is 0.394. The Kier molecular flexibility index (Phi) is 2.83. The van der Waals surface area contributed by atoms with E-state index in [-0.39, 0.29) is 0 Å². The van der Waals surface area contributed by atoms with E-state index >= 15 is 0 Å². The molecular weight excluding hydrogens is 174 g/mol. The van der Waals surface area contributed by atoms with Crippen molar-refractivity contribution in [2.45, 2.75) is 38.9 Å². The van der Waals surface area contributed by atoms with Crippen LogP contribution in [0.3, 0.4) is 0 Å². The summed E-state index contributed by atoms with van der Waals surface area (Å²) >= 11 is 3.71. The second kappa shape index (κ2) is 3.19. The normalized spacial score (nSPS) is 33.8. The van der Waals surface area contributed by atoms with Crippen molar-refractivity contribution in [3.63, 3.8) is 0 Å². The van der Waals surface area contributed by atoms with Gasteiger partial charge in [0.25, 0.3) is 0 Å². The van der Waals surface area contributed by atoms with Gasteiger partial charge in [0.1, 0.15) is 0 Å². The van der Waals surface area contributed by atoms with Gasteiger partial charge in [-0.3, -0.25) is 0 Å². The molecule has 0 saturated carbocycles. The Morgan fingerprint density at radius 1 is 1.36 bits per heavy atom. The average molecular weight is 191 g/mol. The van der Waals surface area contributed by atoms with Gasteiger partial charge in [0, 0.05) is 10.5 Å². The van der Waals surface area contributed by atoms with E-state index in [4.69, 9.17) is 0 Å². The molecule has 1 N–H and O–H groups in total. The molecule has 3 heteroatoms. The van der Waals surface area contributed by atoms with Crippen molar-refractivity contribution in [3.05, 3.63) is 0 Å². The number of nitrogens with one attached hydrogen (secondary N) is 1. The molecule has 1 unspecified atom stereocenters. The van der Waals surface area contributed by atoms with Gasteiger partial charge in [-0.25, -0.2) is 4.13 Å². The van der Waals surface area contributed by atoms with E-state index in [0.29, 0.717) is 10.2 Å². The van der Waals surface area contributed by atoms with Crippen LogP contribution in [0.5, 0.6) is 0 Å². The van der Waals surface area contributed by atoms with Crippen LogP contribution in [0.2, 0.25) is 0 Å². The lowest BCUT2D eigenvalue weighted by atomic mass is 9.79. The molecule has 1 aliphatic rings. The summed E-state index contributed by atoms with van der Waals surface area (Å²) in [5, 5.41) is 0. The van der Waals surface area contributed by atoms with Crippen molar-refractivity contribution in [2.75, 3.05) is 5.75 Å². The smallest absolute Gasteiger partial charge is 0.0341 e. The first-order valence-electron chi connectivity index (χ1n) is 4.00. The molecule has 1 aliphatic heterocycles. The molecule has 0 aromatic heterocycles. The van der Waals surface area contributed by atoms with E-state index in [9.17, 15) is 0 Å². The fourth-order valence-corrected chi connectivity index (χ4v) is 3.44. The Balaban J connectivity index is 2.64. The van der Waals surface area contributed by atoms with Crippen LogP contribution in [0.25, 0.3) is 0 Å². The van der Waals surface area contributed by atoms with Gasteiger partial charge in [-0.1, -0.05) is 44.7 Å². The van der Waals surface area contributed by atoms with Crippen LogP contribution in [0.4, 0.5) is 0 Å². The third-order valence-corrected chi connectivity index (χ3v) is 5.07. The molecule has 1 atom stereocenters. The zero-order valence-corrected chi connectivity index (χ0v) is 9.36.